The predicted octanol–water partition coefficient (Wildman–Crippen LogP) is 1.53. The van der Waals surface area contributed by atoms with Crippen molar-refractivity contribution in [1.29, 1.82) is 0 Å². The van der Waals surface area contributed by atoms with Gasteiger partial charge in [-0.15, -0.1) is 0 Å². The summed E-state index contributed by atoms with van der Waals surface area (Å²) in [5.41, 5.74) is 0. The molecule has 0 N–H and O–H groups in total. The SMILES string of the molecule is CCCC[C@H](CC(=O)OC)C(=O)OC. The van der Waals surface area contributed by atoms with Crippen molar-refractivity contribution in [3.8, 4) is 0 Å². The highest BCUT2D eigenvalue weighted by Gasteiger charge is 2.22. The minimum Gasteiger partial charge on any atom is -0.469 e. The van der Waals surface area contributed by atoms with Crippen molar-refractivity contribution in [2.75, 3.05) is 14.2 Å². The summed E-state index contributed by atoms with van der Waals surface area (Å²) in [6.07, 6.45) is 2.70. The predicted molar refractivity (Wildman–Crippen MR) is 51.7 cm³/mol. The van der Waals surface area contributed by atoms with E-state index in [0.717, 1.165) is 12.8 Å². The van der Waals surface area contributed by atoms with Crippen molar-refractivity contribution >= 4 is 11.9 Å². The standard InChI is InChI=1S/C10H18O4/c1-4-5-6-8(10(12)14-3)7-9(11)13-2/h8H,4-7H2,1-3H3/t8-/m1/s1. The van der Waals surface area contributed by atoms with Gasteiger partial charge in [-0.25, -0.2) is 0 Å². The quantitative estimate of drug-likeness (QED) is 0.613. The molecule has 0 saturated heterocycles. The highest BCUT2D eigenvalue weighted by atomic mass is 16.5. The molecule has 0 aromatic heterocycles. The Balaban J connectivity index is 4.09. The molecule has 0 aliphatic heterocycles. The summed E-state index contributed by atoms with van der Waals surface area (Å²) in [7, 11) is 2.65. The zero-order chi connectivity index (χ0) is 11.0. The molecule has 0 spiro atoms. The molecule has 0 radical (unpaired) electrons. The van der Waals surface area contributed by atoms with Crippen LogP contribution in [0.3, 0.4) is 0 Å². The fourth-order valence-corrected chi connectivity index (χ4v) is 1.20. The first-order chi connectivity index (χ1) is 6.65. The molecule has 0 unspecified atom stereocenters. The summed E-state index contributed by atoms with van der Waals surface area (Å²) in [6, 6.07) is 0. The van der Waals surface area contributed by atoms with Crippen molar-refractivity contribution in [3.05, 3.63) is 0 Å². The number of hydrogen-bond donors (Lipinski definition) is 0. The molecule has 82 valence electrons. The summed E-state index contributed by atoms with van der Waals surface area (Å²) < 4.78 is 9.12. The Morgan fingerprint density at radius 1 is 1.21 bits per heavy atom. The number of esters is 2. The van der Waals surface area contributed by atoms with E-state index in [0.29, 0.717) is 6.42 Å². The first-order valence-electron chi connectivity index (χ1n) is 4.80. The van der Waals surface area contributed by atoms with Crippen LogP contribution in [0.5, 0.6) is 0 Å². The molecule has 1 atom stereocenters. The molecule has 0 aliphatic rings. The van der Waals surface area contributed by atoms with Gasteiger partial charge in [0, 0.05) is 0 Å². The maximum absolute atomic E-state index is 11.2. The Labute approximate surface area is 84.6 Å². The topological polar surface area (TPSA) is 52.6 Å². The summed E-state index contributed by atoms with van der Waals surface area (Å²) >= 11 is 0. The van der Waals surface area contributed by atoms with Gasteiger partial charge in [0.25, 0.3) is 0 Å². The maximum atomic E-state index is 11.2. The van der Waals surface area contributed by atoms with Crippen LogP contribution in [0.4, 0.5) is 0 Å². The minimum absolute atomic E-state index is 0.114. The Morgan fingerprint density at radius 3 is 2.29 bits per heavy atom. The van der Waals surface area contributed by atoms with Crippen LogP contribution in [0.15, 0.2) is 0 Å². The van der Waals surface area contributed by atoms with E-state index in [-0.39, 0.29) is 24.3 Å². The molecule has 4 heteroatoms. The van der Waals surface area contributed by atoms with Crippen LogP contribution in [0, 0.1) is 5.92 Å². The van der Waals surface area contributed by atoms with Crippen LogP contribution in [0.2, 0.25) is 0 Å². The summed E-state index contributed by atoms with van der Waals surface area (Å²) in [5.74, 6) is -1.05. The van der Waals surface area contributed by atoms with Gasteiger partial charge in [0.2, 0.25) is 0 Å². The van der Waals surface area contributed by atoms with Crippen molar-refractivity contribution in [1.82, 2.24) is 0 Å². The third kappa shape index (κ3) is 4.84. The second-order valence-corrected chi connectivity index (χ2v) is 3.14. The van der Waals surface area contributed by atoms with Crippen molar-refractivity contribution < 1.29 is 19.1 Å². The molecule has 0 saturated carbocycles. The average Bonchev–Trinajstić information content (AvgIpc) is 2.22. The molecule has 14 heavy (non-hydrogen) atoms. The molecule has 4 nitrogen and oxygen atoms in total. The number of carbonyl (C=O) groups excluding carboxylic acids is 2. The van der Waals surface area contributed by atoms with Gasteiger partial charge in [-0.2, -0.15) is 0 Å². The largest absolute Gasteiger partial charge is 0.469 e. The first kappa shape index (κ1) is 12.9. The van der Waals surface area contributed by atoms with Gasteiger partial charge in [-0.3, -0.25) is 9.59 Å². The molecular formula is C10H18O4. The second kappa shape index (κ2) is 7.35. The fourth-order valence-electron chi connectivity index (χ4n) is 1.20. The number of rotatable bonds is 6. The van der Waals surface area contributed by atoms with E-state index in [2.05, 4.69) is 9.47 Å². The summed E-state index contributed by atoms with van der Waals surface area (Å²) in [5, 5.41) is 0. The van der Waals surface area contributed by atoms with E-state index in [4.69, 9.17) is 0 Å². The fraction of sp³-hybridized carbons (Fsp3) is 0.800. The van der Waals surface area contributed by atoms with E-state index in [1.807, 2.05) is 6.92 Å². The lowest BCUT2D eigenvalue weighted by Gasteiger charge is -2.12. The Bertz CT molecular complexity index is 189. The van der Waals surface area contributed by atoms with Gasteiger partial charge >= 0.3 is 11.9 Å². The molecular weight excluding hydrogens is 184 g/mol. The third-order valence-corrected chi connectivity index (χ3v) is 2.08. The lowest BCUT2D eigenvalue weighted by molar-refractivity contribution is -0.152. The van der Waals surface area contributed by atoms with Gasteiger partial charge < -0.3 is 9.47 Å². The molecule has 0 aromatic carbocycles. The second-order valence-electron chi connectivity index (χ2n) is 3.14. The number of carbonyl (C=O) groups is 2. The monoisotopic (exact) mass is 202 g/mol. The molecule has 0 aromatic rings. The van der Waals surface area contributed by atoms with Crippen LogP contribution < -0.4 is 0 Å². The number of unbranched alkanes of at least 4 members (excludes halogenated alkanes) is 1. The Morgan fingerprint density at radius 2 is 1.86 bits per heavy atom. The van der Waals surface area contributed by atoms with E-state index < -0.39 is 0 Å². The normalized spacial score (nSPS) is 11.9. The van der Waals surface area contributed by atoms with Crippen LogP contribution >= 0.6 is 0 Å². The van der Waals surface area contributed by atoms with Crippen LogP contribution in [-0.2, 0) is 19.1 Å². The van der Waals surface area contributed by atoms with Crippen LogP contribution in [0.25, 0.3) is 0 Å². The lowest BCUT2D eigenvalue weighted by atomic mass is 9.99. The van der Waals surface area contributed by atoms with E-state index in [9.17, 15) is 9.59 Å². The van der Waals surface area contributed by atoms with Crippen LogP contribution in [-0.4, -0.2) is 26.2 Å². The highest BCUT2D eigenvalue weighted by Crippen LogP contribution is 2.15. The van der Waals surface area contributed by atoms with Gasteiger partial charge in [0.15, 0.2) is 0 Å². The number of hydrogen-bond acceptors (Lipinski definition) is 4. The molecule has 0 amide bonds. The van der Waals surface area contributed by atoms with Crippen molar-refractivity contribution in [2.24, 2.45) is 5.92 Å². The Hall–Kier alpha value is -1.06. The number of ether oxygens (including phenoxy) is 2. The Kier molecular flexibility index (Phi) is 6.80. The first-order valence-corrected chi connectivity index (χ1v) is 4.80. The van der Waals surface area contributed by atoms with E-state index in [1.165, 1.54) is 14.2 Å². The maximum Gasteiger partial charge on any atom is 0.309 e. The van der Waals surface area contributed by atoms with Gasteiger partial charge in [0.1, 0.15) is 0 Å². The molecule has 0 rings (SSSR count). The zero-order valence-electron chi connectivity index (χ0n) is 9.04. The molecule has 0 bridgehead atoms. The molecule has 0 aliphatic carbocycles. The molecule has 0 heterocycles. The smallest absolute Gasteiger partial charge is 0.309 e. The third-order valence-electron chi connectivity index (χ3n) is 2.08. The van der Waals surface area contributed by atoms with Crippen LogP contribution in [0.1, 0.15) is 32.6 Å². The molecule has 0 fully saturated rings. The number of methoxy groups -OCH3 is 2. The van der Waals surface area contributed by atoms with Crippen molar-refractivity contribution in [3.63, 3.8) is 0 Å². The summed E-state index contributed by atoms with van der Waals surface area (Å²) in [6.45, 7) is 2.03. The van der Waals surface area contributed by atoms with Gasteiger partial charge in [0.05, 0.1) is 26.6 Å². The van der Waals surface area contributed by atoms with Crippen molar-refractivity contribution in [2.45, 2.75) is 32.6 Å². The van der Waals surface area contributed by atoms with Gasteiger partial charge in [-0.1, -0.05) is 19.8 Å². The zero-order valence-corrected chi connectivity index (χ0v) is 9.04. The average molecular weight is 202 g/mol. The minimum atomic E-state index is -0.364. The van der Waals surface area contributed by atoms with E-state index >= 15 is 0 Å². The van der Waals surface area contributed by atoms with E-state index in [1.54, 1.807) is 0 Å². The summed E-state index contributed by atoms with van der Waals surface area (Å²) in [4.78, 5) is 22.2. The highest BCUT2D eigenvalue weighted by molar-refractivity contribution is 5.79. The van der Waals surface area contributed by atoms with Gasteiger partial charge in [-0.05, 0) is 6.42 Å². The lowest BCUT2D eigenvalue weighted by Crippen LogP contribution is -2.20.